The van der Waals surface area contributed by atoms with Gasteiger partial charge in [-0.3, -0.25) is 9.03 Å². The Morgan fingerprint density at radius 1 is 1.04 bits per heavy atom. The van der Waals surface area contributed by atoms with Gasteiger partial charge in [-0.2, -0.15) is 0 Å². The van der Waals surface area contributed by atoms with E-state index >= 15 is 0 Å². The Kier molecular flexibility index (Phi) is 4.85. The normalized spacial score (nSPS) is 14.6. The molecular weight excluding hydrogens is 376 g/mol. The fourth-order valence-electron chi connectivity index (χ4n) is 2.94. The second-order valence-corrected chi connectivity index (χ2v) is 9.68. The molecule has 140 valence electrons. The molecule has 3 rings (SSSR count). The van der Waals surface area contributed by atoms with Gasteiger partial charge in [-0.25, -0.2) is 16.8 Å². The van der Waals surface area contributed by atoms with Gasteiger partial charge in [0.25, 0.3) is 10.0 Å². The summed E-state index contributed by atoms with van der Waals surface area (Å²) in [5.74, 6) is 0.572. The molecule has 1 aliphatic rings. The monoisotopic (exact) mass is 396 g/mol. The Morgan fingerprint density at radius 3 is 2.35 bits per heavy atom. The molecule has 0 atom stereocenters. The predicted octanol–water partition coefficient (Wildman–Crippen LogP) is 2.21. The van der Waals surface area contributed by atoms with Crippen molar-refractivity contribution in [2.45, 2.75) is 17.7 Å². The smallest absolute Gasteiger partial charge is 0.264 e. The van der Waals surface area contributed by atoms with E-state index in [0.717, 1.165) is 18.2 Å². The molecule has 1 aliphatic heterocycles. The number of rotatable bonds is 5. The van der Waals surface area contributed by atoms with E-state index in [9.17, 15) is 16.8 Å². The van der Waals surface area contributed by atoms with Crippen LogP contribution in [0.5, 0.6) is 5.75 Å². The number of benzene rings is 2. The Morgan fingerprint density at radius 2 is 1.73 bits per heavy atom. The van der Waals surface area contributed by atoms with Crippen molar-refractivity contribution in [1.29, 1.82) is 0 Å². The van der Waals surface area contributed by atoms with Crippen LogP contribution in [0.15, 0.2) is 47.4 Å². The Balaban J connectivity index is 2.03. The van der Waals surface area contributed by atoms with Crippen LogP contribution in [0.3, 0.4) is 0 Å². The van der Waals surface area contributed by atoms with E-state index in [-0.39, 0.29) is 4.90 Å². The van der Waals surface area contributed by atoms with Gasteiger partial charge < -0.3 is 4.74 Å². The van der Waals surface area contributed by atoms with E-state index in [0.29, 0.717) is 30.1 Å². The quantitative estimate of drug-likeness (QED) is 0.836. The summed E-state index contributed by atoms with van der Waals surface area (Å²) in [6.45, 7) is 0.337. The minimum absolute atomic E-state index is 0.160. The number of nitrogens with one attached hydrogen (secondary N) is 1. The minimum Gasteiger partial charge on any atom is -0.497 e. The fourth-order valence-corrected chi connectivity index (χ4v) is 5.03. The topological polar surface area (TPSA) is 92.8 Å². The van der Waals surface area contributed by atoms with Crippen molar-refractivity contribution < 1.29 is 21.6 Å². The van der Waals surface area contributed by atoms with Gasteiger partial charge in [0.2, 0.25) is 10.0 Å². The minimum atomic E-state index is -3.76. The van der Waals surface area contributed by atoms with Gasteiger partial charge in [0.15, 0.2) is 0 Å². The van der Waals surface area contributed by atoms with E-state index in [1.54, 1.807) is 30.3 Å². The second kappa shape index (κ2) is 6.81. The molecule has 0 saturated heterocycles. The summed E-state index contributed by atoms with van der Waals surface area (Å²) in [6, 6.07) is 11.2. The number of hydrogen-bond acceptors (Lipinski definition) is 5. The summed E-state index contributed by atoms with van der Waals surface area (Å²) in [7, 11) is -5.69. The number of anilines is 2. The lowest BCUT2D eigenvalue weighted by Gasteiger charge is -2.31. The van der Waals surface area contributed by atoms with Crippen molar-refractivity contribution in [3.63, 3.8) is 0 Å². The first-order chi connectivity index (χ1) is 12.2. The van der Waals surface area contributed by atoms with Gasteiger partial charge in [0.1, 0.15) is 5.75 Å². The Labute approximate surface area is 153 Å². The van der Waals surface area contributed by atoms with E-state index in [1.807, 2.05) is 0 Å². The molecule has 1 N–H and O–H groups in total. The largest absolute Gasteiger partial charge is 0.497 e. The molecule has 0 radical (unpaired) electrons. The van der Waals surface area contributed by atoms with Crippen molar-refractivity contribution in [1.82, 2.24) is 0 Å². The molecule has 0 spiro atoms. The molecule has 1 heterocycles. The van der Waals surface area contributed by atoms with Crippen molar-refractivity contribution in [3.05, 3.63) is 48.0 Å². The van der Waals surface area contributed by atoms with E-state index in [2.05, 4.69) is 4.72 Å². The van der Waals surface area contributed by atoms with Crippen LogP contribution in [-0.4, -0.2) is 36.7 Å². The maximum absolute atomic E-state index is 13.1. The summed E-state index contributed by atoms with van der Waals surface area (Å²) < 4.78 is 57.9. The maximum atomic E-state index is 13.1. The van der Waals surface area contributed by atoms with Gasteiger partial charge in [0, 0.05) is 6.54 Å². The predicted molar refractivity (Wildman–Crippen MR) is 101 cm³/mol. The summed E-state index contributed by atoms with van der Waals surface area (Å²) in [5, 5.41) is 0. The zero-order valence-electron chi connectivity index (χ0n) is 14.5. The number of fused-ring (bicyclic) bond motifs is 1. The highest BCUT2D eigenvalue weighted by molar-refractivity contribution is 7.93. The van der Waals surface area contributed by atoms with Gasteiger partial charge >= 0.3 is 0 Å². The molecule has 26 heavy (non-hydrogen) atoms. The highest BCUT2D eigenvalue weighted by atomic mass is 32.2. The maximum Gasteiger partial charge on any atom is 0.264 e. The summed E-state index contributed by atoms with van der Waals surface area (Å²) in [5.41, 5.74) is 1.70. The molecule has 2 aromatic rings. The first kappa shape index (κ1) is 18.5. The molecule has 0 fully saturated rings. The first-order valence-electron chi connectivity index (χ1n) is 7.98. The lowest BCUT2D eigenvalue weighted by molar-refractivity contribution is 0.414. The van der Waals surface area contributed by atoms with Crippen LogP contribution in [0.25, 0.3) is 0 Å². The number of aryl methyl sites for hydroxylation is 1. The standard InChI is InChI=1S/C17H20N2O5S2/c1-24-15-7-9-16(10-8-15)26(22,23)19-11-3-4-13-5-6-14(12-17(13)19)18-25(2,20)21/h5-10,12,18H,3-4,11H2,1-2H3. The Hall–Kier alpha value is -2.26. The molecular formula is C17H20N2O5S2. The number of hydrogen-bond donors (Lipinski definition) is 1. The number of nitrogens with zero attached hydrogens (tertiary/aromatic N) is 1. The molecule has 7 nitrogen and oxygen atoms in total. The molecule has 2 aromatic carbocycles. The highest BCUT2D eigenvalue weighted by Gasteiger charge is 2.29. The van der Waals surface area contributed by atoms with Crippen LogP contribution < -0.4 is 13.8 Å². The molecule has 0 aliphatic carbocycles. The van der Waals surface area contributed by atoms with Crippen LogP contribution >= 0.6 is 0 Å². The van der Waals surface area contributed by atoms with Crippen LogP contribution in [0, 0.1) is 0 Å². The third kappa shape index (κ3) is 3.78. The molecule has 0 bridgehead atoms. The van der Waals surface area contributed by atoms with Gasteiger partial charge in [-0.15, -0.1) is 0 Å². The number of methoxy groups -OCH3 is 1. The third-order valence-electron chi connectivity index (χ3n) is 4.11. The average Bonchev–Trinajstić information content (AvgIpc) is 2.59. The van der Waals surface area contributed by atoms with Gasteiger partial charge in [-0.05, 0) is 54.8 Å². The van der Waals surface area contributed by atoms with Crippen LogP contribution in [0.4, 0.5) is 11.4 Å². The zero-order chi connectivity index (χ0) is 18.9. The zero-order valence-corrected chi connectivity index (χ0v) is 16.1. The highest BCUT2D eigenvalue weighted by Crippen LogP contribution is 2.34. The summed E-state index contributed by atoms with van der Waals surface area (Å²) in [6.07, 6.45) is 2.49. The van der Waals surface area contributed by atoms with E-state index < -0.39 is 20.0 Å². The van der Waals surface area contributed by atoms with Crippen molar-refractivity contribution in [2.75, 3.05) is 28.9 Å². The van der Waals surface area contributed by atoms with Crippen molar-refractivity contribution in [3.8, 4) is 5.75 Å². The van der Waals surface area contributed by atoms with Gasteiger partial charge in [0.05, 0.1) is 29.6 Å². The SMILES string of the molecule is COc1ccc(S(=O)(=O)N2CCCc3ccc(NS(C)(=O)=O)cc32)cc1. The van der Waals surface area contributed by atoms with Crippen molar-refractivity contribution >= 4 is 31.4 Å². The third-order valence-corrected chi connectivity index (χ3v) is 6.55. The second-order valence-electron chi connectivity index (χ2n) is 6.07. The molecule has 0 saturated carbocycles. The summed E-state index contributed by atoms with van der Waals surface area (Å²) in [4.78, 5) is 0.160. The first-order valence-corrected chi connectivity index (χ1v) is 11.3. The van der Waals surface area contributed by atoms with Gasteiger partial charge in [-0.1, -0.05) is 6.07 Å². The van der Waals surface area contributed by atoms with Crippen molar-refractivity contribution in [2.24, 2.45) is 0 Å². The summed E-state index contributed by atoms with van der Waals surface area (Å²) >= 11 is 0. The van der Waals surface area contributed by atoms with E-state index in [4.69, 9.17) is 4.74 Å². The van der Waals surface area contributed by atoms with Crippen LogP contribution in [0.2, 0.25) is 0 Å². The number of sulfonamides is 2. The molecule has 0 aromatic heterocycles. The molecule has 0 amide bonds. The fraction of sp³-hybridized carbons (Fsp3) is 0.294. The Bertz CT molecular complexity index is 1020. The molecule has 9 heteroatoms. The lowest BCUT2D eigenvalue weighted by Crippen LogP contribution is -2.35. The lowest BCUT2D eigenvalue weighted by atomic mass is 10.0. The average molecular weight is 396 g/mol. The molecule has 0 unspecified atom stereocenters. The number of ether oxygens (including phenoxy) is 1. The van der Waals surface area contributed by atoms with E-state index in [1.165, 1.54) is 23.5 Å². The van der Waals surface area contributed by atoms with Crippen LogP contribution in [-0.2, 0) is 26.5 Å². The van der Waals surface area contributed by atoms with Crippen LogP contribution in [0.1, 0.15) is 12.0 Å².